The van der Waals surface area contributed by atoms with E-state index in [1.54, 1.807) is 0 Å². The van der Waals surface area contributed by atoms with E-state index in [2.05, 4.69) is 16.9 Å². The van der Waals surface area contributed by atoms with E-state index >= 15 is 0 Å². The highest BCUT2D eigenvalue weighted by molar-refractivity contribution is 7.99. The van der Waals surface area contributed by atoms with Gasteiger partial charge in [0.25, 0.3) is 0 Å². The standard InChI is InChI=1S/C11H19N3OS/c1-16-10-4-2-9(3-5-10)14-8-11(15)13-7-6-12/h9-10,14H,2-5,7-8H2,1H3,(H,13,15). The molecule has 1 fully saturated rings. The maximum atomic E-state index is 11.2. The zero-order valence-electron chi connectivity index (χ0n) is 9.66. The molecule has 0 aromatic rings. The first-order chi connectivity index (χ1) is 7.76. The van der Waals surface area contributed by atoms with Crippen LogP contribution in [0.3, 0.4) is 0 Å². The molecule has 90 valence electrons. The van der Waals surface area contributed by atoms with E-state index in [1.807, 2.05) is 17.8 Å². The Kier molecular flexibility index (Phi) is 6.27. The summed E-state index contributed by atoms with van der Waals surface area (Å²) in [6, 6.07) is 2.36. The van der Waals surface area contributed by atoms with Gasteiger partial charge in [0.05, 0.1) is 12.6 Å². The van der Waals surface area contributed by atoms with Crippen molar-refractivity contribution in [3.8, 4) is 6.07 Å². The molecule has 2 N–H and O–H groups in total. The van der Waals surface area contributed by atoms with E-state index in [-0.39, 0.29) is 12.5 Å². The Morgan fingerprint density at radius 2 is 2.12 bits per heavy atom. The second-order valence-electron chi connectivity index (χ2n) is 4.03. The third kappa shape index (κ3) is 4.86. The van der Waals surface area contributed by atoms with Gasteiger partial charge in [-0.25, -0.2) is 0 Å². The third-order valence-corrected chi connectivity index (χ3v) is 4.06. The molecule has 0 aromatic carbocycles. The Balaban J connectivity index is 2.10. The second-order valence-corrected chi connectivity index (χ2v) is 5.16. The first-order valence-electron chi connectivity index (χ1n) is 5.66. The molecule has 0 aliphatic heterocycles. The Morgan fingerprint density at radius 1 is 1.44 bits per heavy atom. The highest BCUT2D eigenvalue weighted by Crippen LogP contribution is 2.26. The monoisotopic (exact) mass is 241 g/mol. The molecular formula is C11H19N3OS. The molecule has 0 heterocycles. The smallest absolute Gasteiger partial charge is 0.234 e. The minimum atomic E-state index is -0.0893. The summed E-state index contributed by atoms with van der Waals surface area (Å²) in [6.45, 7) is 0.427. The molecule has 0 bridgehead atoms. The molecule has 0 unspecified atom stereocenters. The lowest BCUT2D eigenvalue weighted by Crippen LogP contribution is -2.41. The number of hydrogen-bond acceptors (Lipinski definition) is 4. The second kappa shape index (κ2) is 7.53. The van der Waals surface area contributed by atoms with Gasteiger partial charge in [-0.15, -0.1) is 0 Å². The summed E-state index contributed by atoms with van der Waals surface area (Å²) in [7, 11) is 0. The van der Waals surface area contributed by atoms with Crippen LogP contribution in [-0.2, 0) is 4.79 Å². The van der Waals surface area contributed by atoms with E-state index in [0.717, 1.165) is 18.1 Å². The number of carbonyl (C=O) groups is 1. The fraction of sp³-hybridized carbons (Fsp3) is 0.818. The minimum absolute atomic E-state index is 0.0893. The zero-order valence-corrected chi connectivity index (χ0v) is 10.5. The van der Waals surface area contributed by atoms with Gasteiger partial charge in [0, 0.05) is 11.3 Å². The Bertz CT molecular complexity index is 256. The summed E-state index contributed by atoms with van der Waals surface area (Å²) in [5, 5.41) is 14.9. The quantitative estimate of drug-likeness (QED) is 0.702. The fourth-order valence-corrected chi connectivity index (χ4v) is 2.68. The van der Waals surface area contributed by atoms with Crippen molar-refractivity contribution in [2.45, 2.75) is 37.0 Å². The molecule has 0 spiro atoms. The molecule has 1 saturated carbocycles. The molecular weight excluding hydrogens is 222 g/mol. The molecule has 0 saturated heterocycles. The van der Waals surface area contributed by atoms with Gasteiger partial charge in [-0.05, 0) is 31.9 Å². The van der Waals surface area contributed by atoms with Crippen LogP contribution in [0.4, 0.5) is 0 Å². The number of nitriles is 1. The van der Waals surface area contributed by atoms with Crippen LogP contribution in [0, 0.1) is 11.3 Å². The Morgan fingerprint density at radius 3 is 2.69 bits per heavy atom. The van der Waals surface area contributed by atoms with Crippen LogP contribution in [0.5, 0.6) is 0 Å². The topological polar surface area (TPSA) is 64.9 Å². The summed E-state index contributed by atoms with van der Waals surface area (Å²) >= 11 is 1.94. The van der Waals surface area contributed by atoms with Gasteiger partial charge in [0.2, 0.25) is 5.91 Å². The average molecular weight is 241 g/mol. The number of amides is 1. The summed E-state index contributed by atoms with van der Waals surface area (Å²) < 4.78 is 0. The Labute approximate surface area is 101 Å². The van der Waals surface area contributed by atoms with Crippen LogP contribution in [0.25, 0.3) is 0 Å². The lowest BCUT2D eigenvalue weighted by molar-refractivity contribution is -0.120. The van der Waals surface area contributed by atoms with Crippen LogP contribution in [0.1, 0.15) is 25.7 Å². The lowest BCUT2D eigenvalue weighted by Gasteiger charge is -2.27. The molecule has 1 amide bonds. The number of carbonyl (C=O) groups excluding carboxylic acids is 1. The largest absolute Gasteiger partial charge is 0.342 e. The summed E-state index contributed by atoms with van der Waals surface area (Å²) in [5.41, 5.74) is 0. The predicted molar refractivity (Wildman–Crippen MR) is 66.2 cm³/mol. The fourth-order valence-electron chi connectivity index (χ4n) is 1.94. The average Bonchev–Trinajstić information content (AvgIpc) is 2.34. The SMILES string of the molecule is CSC1CCC(NCC(=O)NCC#N)CC1. The number of rotatable bonds is 5. The molecule has 4 nitrogen and oxygen atoms in total. The van der Waals surface area contributed by atoms with Gasteiger partial charge >= 0.3 is 0 Å². The van der Waals surface area contributed by atoms with E-state index in [4.69, 9.17) is 5.26 Å². The lowest BCUT2D eigenvalue weighted by atomic mass is 9.95. The van der Waals surface area contributed by atoms with Gasteiger partial charge in [-0.3, -0.25) is 4.79 Å². The Hall–Kier alpha value is -0.730. The molecule has 1 aliphatic carbocycles. The van der Waals surface area contributed by atoms with Crippen molar-refractivity contribution in [3.63, 3.8) is 0 Å². The summed E-state index contributed by atoms with van der Waals surface area (Å²) in [6.07, 6.45) is 6.93. The van der Waals surface area contributed by atoms with Crippen LogP contribution >= 0.6 is 11.8 Å². The molecule has 5 heteroatoms. The molecule has 0 radical (unpaired) electrons. The van der Waals surface area contributed by atoms with Crippen LogP contribution in [0.15, 0.2) is 0 Å². The third-order valence-electron chi connectivity index (χ3n) is 2.92. The highest BCUT2D eigenvalue weighted by atomic mass is 32.2. The minimum Gasteiger partial charge on any atom is -0.342 e. The van der Waals surface area contributed by atoms with E-state index < -0.39 is 0 Å². The predicted octanol–water partition coefficient (Wildman–Crippen LogP) is 0.890. The number of nitrogens with zero attached hydrogens (tertiary/aromatic N) is 1. The molecule has 1 rings (SSSR count). The zero-order chi connectivity index (χ0) is 11.8. The van der Waals surface area contributed by atoms with Crippen molar-refractivity contribution in [2.75, 3.05) is 19.3 Å². The van der Waals surface area contributed by atoms with E-state index in [0.29, 0.717) is 12.6 Å². The van der Waals surface area contributed by atoms with E-state index in [1.165, 1.54) is 12.8 Å². The number of hydrogen-bond donors (Lipinski definition) is 2. The van der Waals surface area contributed by atoms with Crippen molar-refractivity contribution in [1.29, 1.82) is 5.26 Å². The maximum absolute atomic E-state index is 11.2. The summed E-state index contributed by atoms with van der Waals surface area (Å²) in [4.78, 5) is 11.2. The normalized spacial score (nSPS) is 24.8. The van der Waals surface area contributed by atoms with Gasteiger partial charge < -0.3 is 10.6 Å². The first-order valence-corrected chi connectivity index (χ1v) is 6.95. The van der Waals surface area contributed by atoms with Crippen LogP contribution in [-0.4, -0.2) is 36.5 Å². The van der Waals surface area contributed by atoms with Crippen molar-refractivity contribution in [3.05, 3.63) is 0 Å². The number of thioether (sulfide) groups is 1. The molecule has 1 aliphatic rings. The highest BCUT2D eigenvalue weighted by Gasteiger charge is 2.20. The first kappa shape index (κ1) is 13.3. The van der Waals surface area contributed by atoms with E-state index in [9.17, 15) is 4.79 Å². The molecule has 16 heavy (non-hydrogen) atoms. The van der Waals surface area contributed by atoms with Crippen molar-refractivity contribution in [1.82, 2.24) is 10.6 Å². The van der Waals surface area contributed by atoms with Crippen molar-refractivity contribution in [2.24, 2.45) is 0 Å². The molecule has 0 aromatic heterocycles. The maximum Gasteiger partial charge on any atom is 0.234 e. The molecule has 0 atom stereocenters. The van der Waals surface area contributed by atoms with Crippen LogP contribution in [0.2, 0.25) is 0 Å². The number of nitrogens with one attached hydrogen (secondary N) is 2. The van der Waals surface area contributed by atoms with Crippen LogP contribution < -0.4 is 10.6 Å². The van der Waals surface area contributed by atoms with Gasteiger partial charge in [-0.1, -0.05) is 0 Å². The summed E-state index contributed by atoms with van der Waals surface area (Å²) in [5.74, 6) is -0.0893. The van der Waals surface area contributed by atoms with Gasteiger partial charge in [0.1, 0.15) is 6.54 Å². The van der Waals surface area contributed by atoms with Crippen molar-refractivity contribution >= 4 is 17.7 Å². The van der Waals surface area contributed by atoms with Gasteiger partial charge in [0.15, 0.2) is 0 Å². The van der Waals surface area contributed by atoms with Crippen molar-refractivity contribution < 1.29 is 4.79 Å². The van der Waals surface area contributed by atoms with Gasteiger partial charge in [-0.2, -0.15) is 17.0 Å².